The van der Waals surface area contributed by atoms with Crippen molar-refractivity contribution in [2.24, 2.45) is 0 Å². The van der Waals surface area contributed by atoms with Gasteiger partial charge in [0.05, 0.1) is 5.69 Å². The van der Waals surface area contributed by atoms with Crippen LogP contribution in [0.2, 0.25) is 0 Å². The molecular formula is C20H20N2. The first-order chi connectivity index (χ1) is 10.7. The molecule has 0 aliphatic carbocycles. The zero-order valence-corrected chi connectivity index (χ0v) is 13.2. The van der Waals surface area contributed by atoms with Crippen molar-refractivity contribution in [3.8, 4) is 22.6 Å². The van der Waals surface area contributed by atoms with Crippen molar-refractivity contribution in [3.63, 3.8) is 0 Å². The second-order valence-corrected chi connectivity index (χ2v) is 5.78. The van der Waals surface area contributed by atoms with E-state index < -0.39 is 0 Å². The fourth-order valence-corrected chi connectivity index (χ4v) is 2.81. The Morgan fingerprint density at radius 1 is 0.727 bits per heavy atom. The molecular weight excluding hydrogens is 268 g/mol. The molecule has 0 spiro atoms. The third-order valence-corrected chi connectivity index (χ3v) is 3.79. The van der Waals surface area contributed by atoms with Crippen LogP contribution in [-0.2, 0) is 0 Å². The van der Waals surface area contributed by atoms with E-state index in [2.05, 4.69) is 57.2 Å². The topological polar surface area (TPSA) is 25.8 Å². The van der Waals surface area contributed by atoms with Crippen LogP contribution >= 0.6 is 0 Å². The Labute approximate surface area is 131 Å². The normalized spacial score (nSPS) is 10.9. The Kier molecular flexibility index (Phi) is 4.01. The van der Waals surface area contributed by atoms with Gasteiger partial charge < -0.3 is 0 Å². The molecule has 1 heterocycles. The highest BCUT2D eigenvalue weighted by molar-refractivity contribution is 5.68. The first-order valence-electron chi connectivity index (χ1n) is 7.66. The van der Waals surface area contributed by atoms with E-state index in [-0.39, 0.29) is 0 Å². The molecule has 3 rings (SSSR count). The van der Waals surface area contributed by atoms with Crippen molar-refractivity contribution in [2.75, 3.05) is 0 Å². The van der Waals surface area contributed by atoms with Crippen LogP contribution in [0.15, 0.2) is 60.7 Å². The molecule has 0 bridgehead atoms. The molecule has 1 aromatic heterocycles. The van der Waals surface area contributed by atoms with Gasteiger partial charge in [0.2, 0.25) is 0 Å². The number of benzene rings is 2. The highest BCUT2D eigenvalue weighted by Crippen LogP contribution is 2.31. The smallest absolute Gasteiger partial charge is 0.160 e. The van der Waals surface area contributed by atoms with Crippen LogP contribution < -0.4 is 0 Å². The molecule has 2 nitrogen and oxygen atoms in total. The first-order valence-corrected chi connectivity index (χ1v) is 7.66. The number of aromatic nitrogens is 2. The summed E-state index contributed by atoms with van der Waals surface area (Å²) in [4.78, 5) is 9.62. The van der Waals surface area contributed by atoms with E-state index in [1.165, 1.54) is 5.56 Å². The molecule has 2 aromatic carbocycles. The van der Waals surface area contributed by atoms with E-state index in [1.54, 1.807) is 0 Å². The lowest BCUT2D eigenvalue weighted by Gasteiger charge is -2.16. The fraction of sp³-hybridized carbons (Fsp3) is 0.200. The second kappa shape index (κ2) is 6.10. The van der Waals surface area contributed by atoms with Gasteiger partial charge in [-0.05, 0) is 12.8 Å². The van der Waals surface area contributed by atoms with Crippen molar-refractivity contribution in [1.82, 2.24) is 9.97 Å². The zero-order valence-electron chi connectivity index (χ0n) is 13.2. The van der Waals surface area contributed by atoms with Crippen LogP contribution in [0.3, 0.4) is 0 Å². The molecule has 2 heteroatoms. The van der Waals surface area contributed by atoms with Crippen molar-refractivity contribution in [2.45, 2.75) is 26.7 Å². The number of nitrogens with zero attached hydrogens (tertiary/aromatic N) is 2. The molecule has 0 N–H and O–H groups in total. The van der Waals surface area contributed by atoms with Crippen LogP contribution in [0.4, 0.5) is 0 Å². The lowest BCUT2D eigenvalue weighted by atomic mass is 9.95. The van der Waals surface area contributed by atoms with Crippen LogP contribution in [0.1, 0.15) is 31.0 Å². The summed E-state index contributed by atoms with van der Waals surface area (Å²) in [6.45, 7) is 6.47. The summed E-state index contributed by atoms with van der Waals surface area (Å²) in [5, 5.41) is 0. The molecule has 0 saturated carbocycles. The lowest BCUT2D eigenvalue weighted by molar-refractivity contribution is 0.834. The Bertz CT molecular complexity index is 762. The first kappa shape index (κ1) is 14.5. The van der Waals surface area contributed by atoms with Gasteiger partial charge >= 0.3 is 0 Å². The molecule has 3 aromatic rings. The molecule has 0 radical (unpaired) electrons. The van der Waals surface area contributed by atoms with Gasteiger partial charge in [0.25, 0.3) is 0 Å². The van der Waals surface area contributed by atoms with Gasteiger partial charge in [0, 0.05) is 22.4 Å². The van der Waals surface area contributed by atoms with E-state index >= 15 is 0 Å². The number of rotatable bonds is 3. The van der Waals surface area contributed by atoms with E-state index in [4.69, 9.17) is 9.97 Å². The van der Waals surface area contributed by atoms with Gasteiger partial charge in [-0.25, -0.2) is 9.97 Å². The van der Waals surface area contributed by atoms with Crippen molar-refractivity contribution < 1.29 is 0 Å². The third-order valence-electron chi connectivity index (χ3n) is 3.79. The quantitative estimate of drug-likeness (QED) is 0.658. The van der Waals surface area contributed by atoms with E-state index in [0.29, 0.717) is 5.92 Å². The largest absolute Gasteiger partial charge is 0.233 e. The average Bonchev–Trinajstić information content (AvgIpc) is 2.55. The van der Waals surface area contributed by atoms with Crippen LogP contribution in [0.5, 0.6) is 0 Å². The minimum absolute atomic E-state index is 0.389. The van der Waals surface area contributed by atoms with Crippen LogP contribution in [0, 0.1) is 6.92 Å². The molecule has 0 amide bonds. The van der Waals surface area contributed by atoms with E-state index in [0.717, 1.165) is 28.3 Å². The standard InChI is InChI=1S/C20H20N2/c1-14(2)18-15(3)21-20(17-12-8-5-9-13-17)22-19(18)16-10-6-4-7-11-16/h4-14H,1-3H3. The average molecular weight is 288 g/mol. The summed E-state index contributed by atoms with van der Waals surface area (Å²) in [6.07, 6.45) is 0. The maximum Gasteiger partial charge on any atom is 0.160 e. The Hall–Kier alpha value is -2.48. The Balaban J connectivity index is 2.24. The number of aryl methyl sites for hydroxylation is 1. The SMILES string of the molecule is Cc1nc(-c2ccccc2)nc(-c2ccccc2)c1C(C)C. The molecule has 110 valence electrons. The fourth-order valence-electron chi connectivity index (χ4n) is 2.81. The summed E-state index contributed by atoms with van der Waals surface area (Å²) in [5.74, 6) is 1.18. The monoisotopic (exact) mass is 288 g/mol. The molecule has 22 heavy (non-hydrogen) atoms. The summed E-state index contributed by atoms with van der Waals surface area (Å²) in [7, 11) is 0. The van der Waals surface area contributed by atoms with Crippen molar-refractivity contribution in [3.05, 3.63) is 71.9 Å². The van der Waals surface area contributed by atoms with E-state index in [1.807, 2.05) is 24.3 Å². The molecule has 0 unspecified atom stereocenters. The highest BCUT2D eigenvalue weighted by atomic mass is 14.9. The highest BCUT2D eigenvalue weighted by Gasteiger charge is 2.16. The van der Waals surface area contributed by atoms with Gasteiger partial charge in [-0.2, -0.15) is 0 Å². The number of hydrogen-bond donors (Lipinski definition) is 0. The predicted molar refractivity (Wildman–Crippen MR) is 91.7 cm³/mol. The summed E-state index contributed by atoms with van der Waals surface area (Å²) < 4.78 is 0. The minimum Gasteiger partial charge on any atom is -0.233 e. The van der Waals surface area contributed by atoms with Gasteiger partial charge in [-0.3, -0.25) is 0 Å². The summed E-state index contributed by atoms with van der Waals surface area (Å²) >= 11 is 0. The third kappa shape index (κ3) is 2.77. The van der Waals surface area contributed by atoms with Gasteiger partial charge in [0.1, 0.15) is 0 Å². The molecule has 0 aliphatic rings. The van der Waals surface area contributed by atoms with Gasteiger partial charge in [-0.15, -0.1) is 0 Å². The molecule has 0 aliphatic heterocycles. The summed E-state index contributed by atoms with van der Waals surface area (Å²) in [5.41, 5.74) is 5.53. The lowest BCUT2D eigenvalue weighted by Crippen LogP contribution is -2.04. The number of hydrogen-bond acceptors (Lipinski definition) is 2. The van der Waals surface area contributed by atoms with Gasteiger partial charge in [-0.1, -0.05) is 74.5 Å². The molecule has 0 atom stereocenters. The van der Waals surface area contributed by atoms with Crippen molar-refractivity contribution in [1.29, 1.82) is 0 Å². The minimum atomic E-state index is 0.389. The molecule has 0 saturated heterocycles. The Morgan fingerprint density at radius 3 is 1.82 bits per heavy atom. The van der Waals surface area contributed by atoms with Gasteiger partial charge in [0.15, 0.2) is 5.82 Å². The van der Waals surface area contributed by atoms with Crippen molar-refractivity contribution >= 4 is 0 Å². The second-order valence-electron chi connectivity index (χ2n) is 5.78. The zero-order chi connectivity index (χ0) is 15.5. The Morgan fingerprint density at radius 2 is 1.27 bits per heavy atom. The predicted octanol–water partition coefficient (Wildman–Crippen LogP) is 5.24. The molecule has 0 fully saturated rings. The maximum atomic E-state index is 4.88. The maximum absolute atomic E-state index is 4.88. The van der Waals surface area contributed by atoms with Crippen LogP contribution in [-0.4, -0.2) is 9.97 Å². The van der Waals surface area contributed by atoms with E-state index in [9.17, 15) is 0 Å². The summed E-state index contributed by atoms with van der Waals surface area (Å²) in [6, 6.07) is 20.5. The van der Waals surface area contributed by atoms with Crippen LogP contribution in [0.25, 0.3) is 22.6 Å².